The van der Waals surface area contributed by atoms with Gasteiger partial charge in [0.05, 0.1) is 17.1 Å². The molecule has 3 rings (SSSR count). The van der Waals surface area contributed by atoms with Crippen LogP contribution >= 0.6 is 24.0 Å². The van der Waals surface area contributed by atoms with Gasteiger partial charge in [-0.2, -0.15) is 0 Å². The average molecular weight is 473 g/mol. The van der Waals surface area contributed by atoms with Crippen LogP contribution in [-0.4, -0.2) is 40.2 Å². The predicted octanol–water partition coefficient (Wildman–Crippen LogP) is 4.62. The van der Waals surface area contributed by atoms with Crippen LogP contribution in [0.1, 0.15) is 35.7 Å². The molecule has 1 aliphatic rings. The number of thiocarbonyl (C=S) groups is 1. The molecule has 166 valence electrons. The molecule has 0 saturated carbocycles. The van der Waals surface area contributed by atoms with Crippen molar-refractivity contribution in [2.45, 2.75) is 19.8 Å². The summed E-state index contributed by atoms with van der Waals surface area (Å²) < 4.78 is 19.2. The fraction of sp³-hybridized carbons (Fsp3) is 0.217. The standard InChI is InChI=1S/C23H21FN2O4S2/c1-2-30-22(29)15-9-11-17(12-10-15)25-20(27)8-5-13-26-21(28)19(32-23(26)31)14-16-6-3-4-7-18(16)24/h3-4,6-7,9-12,14H,2,5,8,13H2,1H3,(H,25,27)/b19-14-. The van der Waals surface area contributed by atoms with Crippen LogP contribution < -0.4 is 5.32 Å². The van der Waals surface area contributed by atoms with Gasteiger partial charge in [0.1, 0.15) is 10.1 Å². The number of carbonyl (C=O) groups is 3. The topological polar surface area (TPSA) is 75.7 Å². The van der Waals surface area contributed by atoms with Gasteiger partial charge in [0.2, 0.25) is 5.91 Å². The average Bonchev–Trinajstić information content (AvgIpc) is 3.03. The quantitative estimate of drug-likeness (QED) is 0.343. The molecular weight excluding hydrogens is 451 g/mol. The third kappa shape index (κ3) is 6.02. The maximum Gasteiger partial charge on any atom is 0.338 e. The molecule has 9 heteroatoms. The monoisotopic (exact) mass is 472 g/mol. The van der Waals surface area contributed by atoms with Gasteiger partial charge < -0.3 is 10.1 Å². The second kappa shape index (κ2) is 11.0. The minimum Gasteiger partial charge on any atom is -0.462 e. The summed E-state index contributed by atoms with van der Waals surface area (Å²) in [4.78, 5) is 38.3. The van der Waals surface area contributed by atoms with Gasteiger partial charge in [0.15, 0.2) is 0 Å². The highest BCUT2D eigenvalue weighted by molar-refractivity contribution is 8.26. The number of nitrogens with one attached hydrogen (secondary N) is 1. The van der Waals surface area contributed by atoms with Gasteiger partial charge in [-0.05, 0) is 49.8 Å². The highest BCUT2D eigenvalue weighted by Crippen LogP contribution is 2.33. The number of carbonyl (C=O) groups excluding carboxylic acids is 3. The SMILES string of the molecule is CCOC(=O)c1ccc(NC(=O)CCCN2C(=O)/C(=C/c3ccccc3F)SC2=S)cc1. The minimum atomic E-state index is -0.419. The van der Waals surface area contributed by atoms with E-state index in [-0.39, 0.29) is 24.8 Å². The van der Waals surface area contributed by atoms with Crippen molar-refractivity contribution in [1.82, 2.24) is 4.90 Å². The van der Waals surface area contributed by atoms with Crippen molar-refractivity contribution in [3.05, 3.63) is 70.4 Å². The van der Waals surface area contributed by atoms with Crippen LogP contribution in [0.15, 0.2) is 53.4 Å². The van der Waals surface area contributed by atoms with E-state index < -0.39 is 11.8 Å². The smallest absolute Gasteiger partial charge is 0.338 e. The first kappa shape index (κ1) is 23.6. The Morgan fingerprint density at radius 1 is 1.19 bits per heavy atom. The molecule has 0 aliphatic carbocycles. The van der Waals surface area contributed by atoms with Crippen LogP contribution in [0, 0.1) is 5.82 Å². The van der Waals surface area contributed by atoms with E-state index in [9.17, 15) is 18.8 Å². The summed E-state index contributed by atoms with van der Waals surface area (Å²) in [5.74, 6) is -1.35. The van der Waals surface area contributed by atoms with Gasteiger partial charge in [-0.1, -0.05) is 42.2 Å². The molecule has 32 heavy (non-hydrogen) atoms. The van der Waals surface area contributed by atoms with Gasteiger partial charge in [-0.15, -0.1) is 0 Å². The van der Waals surface area contributed by atoms with Crippen LogP contribution in [-0.2, 0) is 14.3 Å². The normalized spacial score (nSPS) is 14.7. The van der Waals surface area contributed by atoms with E-state index in [4.69, 9.17) is 17.0 Å². The maximum atomic E-state index is 13.9. The number of anilines is 1. The molecule has 1 heterocycles. The predicted molar refractivity (Wildman–Crippen MR) is 127 cm³/mol. The Morgan fingerprint density at radius 3 is 2.59 bits per heavy atom. The molecule has 0 atom stereocenters. The number of rotatable bonds is 8. The molecule has 1 N–H and O–H groups in total. The second-order valence-electron chi connectivity index (χ2n) is 6.80. The fourth-order valence-corrected chi connectivity index (χ4v) is 4.25. The van der Waals surface area contributed by atoms with Crippen molar-refractivity contribution in [2.75, 3.05) is 18.5 Å². The lowest BCUT2D eigenvalue weighted by atomic mass is 10.2. The van der Waals surface area contributed by atoms with Crippen molar-refractivity contribution in [2.24, 2.45) is 0 Å². The molecular formula is C23H21FN2O4S2. The van der Waals surface area contributed by atoms with Crippen molar-refractivity contribution < 1.29 is 23.5 Å². The van der Waals surface area contributed by atoms with Crippen molar-refractivity contribution in [3.8, 4) is 0 Å². The summed E-state index contributed by atoms with van der Waals surface area (Å²) >= 11 is 6.39. The molecule has 2 aromatic carbocycles. The minimum absolute atomic E-state index is 0.184. The lowest BCUT2D eigenvalue weighted by molar-refractivity contribution is -0.122. The van der Waals surface area contributed by atoms with E-state index in [0.29, 0.717) is 39.1 Å². The number of nitrogens with zero attached hydrogens (tertiary/aromatic N) is 1. The lowest BCUT2D eigenvalue weighted by Gasteiger charge is -2.14. The number of esters is 1. The van der Waals surface area contributed by atoms with Gasteiger partial charge in [0, 0.05) is 24.2 Å². The molecule has 2 aromatic rings. The summed E-state index contributed by atoms with van der Waals surface area (Å²) in [5, 5.41) is 2.75. The third-order valence-corrected chi connectivity index (χ3v) is 5.91. The molecule has 1 fully saturated rings. The molecule has 0 aromatic heterocycles. The Labute approximate surface area is 194 Å². The Hall–Kier alpha value is -3.04. The van der Waals surface area contributed by atoms with Crippen molar-refractivity contribution in [1.29, 1.82) is 0 Å². The third-order valence-electron chi connectivity index (χ3n) is 4.53. The van der Waals surface area contributed by atoms with E-state index in [2.05, 4.69) is 5.32 Å². The zero-order valence-electron chi connectivity index (χ0n) is 17.3. The maximum absolute atomic E-state index is 13.9. The Morgan fingerprint density at radius 2 is 1.91 bits per heavy atom. The molecule has 2 amide bonds. The number of halogens is 1. The first-order valence-electron chi connectivity index (χ1n) is 9.96. The van der Waals surface area contributed by atoms with E-state index in [1.807, 2.05) is 0 Å². The van der Waals surface area contributed by atoms with Crippen LogP contribution in [0.5, 0.6) is 0 Å². The highest BCUT2D eigenvalue weighted by Gasteiger charge is 2.31. The molecule has 1 saturated heterocycles. The summed E-state index contributed by atoms with van der Waals surface area (Å²) in [6.45, 7) is 2.31. The summed E-state index contributed by atoms with van der Waals surface area (Å²) in [7, 11) is 0. The zero-order chi connectivity index (χ0) is 23.1. The molecule has 0 bridgehead atoms. The van der Waals surface area contributed by atoms with E-state index in [1.165, 1.54) is 17.0 Å². The van der Waals surface area contributed by atoms with Crippen LogP contribution in [0.2, 0.25) is 0 Å². The van der Waals surface area contributed by atoms with Crippen molar-refractivity contribution in [3.63, 3.8) is 0 Å². The van der Waals surface area contributed by atoms with Crippen molar-refractivity contribution >= 4 is 57.8 Å². The van der Waals surface area contributed by atoms with Crippen LogP contribution in [0.25, 0.3) is 6.08 Å². The highest BCUT2D eigenvalue weighted by atomic mass is 32.2. The molecule has 6 nitrogen and oxygen atoms in total. The first-order chi connectivity index (χ1) is 15.4. The number of benzene rings is 2. The summed E-state index contributed by atoms with van der Waals surface area (Å²) in [6, 6.07) is 12.6. The molecule has 1 aliphatic heterocycles. The number of hydrogen-bond donors (Lipinski definition) is 1. The molecule has 0 unspecified atom stereocenters. The number of ether oxygens (including phenoxy) is 1. The van der Waals surface area contributed by atoms with Crippen LogP contribution in [0.4, 0.5) is 10.1 Å². The number of thioether (sulfide) groups is 1. The lowest BCUT2D eigenvalue weighted by Crippen LogP contribution is -2.29. The fourth-order valence-electron chi connectivity index (χ4n) is 2.95. The van der Waals surface area contributed by atoms with E-state index in [1.54, 1.807) is 49.4 Å². The van der Waals surface area contributed by atoms with Gasteiger partial charge >= 0.3 is 5.97 Å². The molecule has 0 spiro atoms. The Kier molecular flexibility index (Phi) is 8.13. The van der Waals surface area contributed by atoms with E-state index in [0.717, 1.165) is 11.8 Å². The number of amides is 2. The first-order valence-corrected chi connectivity index (χ1v) is 11.2. The van der Waals surface area contributed by atoms with Crippen LogP contribution in [0.3, 0.4) is 0 Å². The number of hydrogen-bond acceptors (Lipinski definition) is 6. The summed E-state index contributed by atoms with van der Waals surface area (Å²) in [6.07, 6.45) is 2.08. The van der Waals surface area contributed by atoms with Gasteiger partial charge in [0.25, 0.3) is 5.91 Å². The van der Waals surface area contributed by atoms with Gasteiger partial charge in [-0.25, -0.2) is 9.18 Å². The second-order valence-corrected chi connectivity index (χ2v) is 8.48. The Bertz CT molecular complexity index is 1070. The zero-order valence-corrected chi connectivity index (χ0v) is 18.9. The molecule has 0 radical (unpaired) electrons. The largest absolute Gasteiger partial charge is 0.462 e. The Balaban J connectivity index is 1.50. The van der Waals surface area contributed by atoms with Gasteiger partial charge in [-0.3, -0.25) is 14.5 Å². The summed E-state index contributed by atoms with van der Waals surface area (Å²) in [5.41, 5.74) is 1.28. The van der Waals surface area contributed by atoms with E-state index >= 15 is 0 Å².